The Morgan fingerprint density at radius 2 is 2.17 bits per heavy atom. The summed E-state index contributed by atoms with van der Waals surface area (Å²) in [5.41, 5.74) is 6.13. The fraction of sp³-hybridized carbons (Fsp3) is 1.00. The summed E-state index contributed by atoms with van der Waals surface area (Å²) in [6, 6.07) is 0. The van der Waals surface area contributed by atoms with Crippen LogP contribution in [0.3, 0.4) is 0 Å². The minimum Gasteiger partial charge on any atom is -0.330 e. The molecular formula is C10H22N2. The molecule has 2 heteroatoms. The van der Waals surface area contributed by atoms with Crippen LogP contribution in [0.4, 0.5) is 0 Å². The van der Waals surface area contributed by atoms with E-state index in [0.29, 0.717) is 11.3 Å². The fourth-order valence-electron chi connectivity index (χ4n) is 1.66. The average molecular weight is 170 g/mol. The summed E-state index contributed by atoms with van der Waals surface area (Å²) in [5, 5.41) is 3.50. The van der Waals surface area contributed by atoms with Crippen LogP contribution in [-0.2, 0) is 0 Å². The number of hydrogen-bond donors (Lipinski definition) is 2. The van der Waals surface area contributed by atoms with Crippen LogP contribution in [-0.4, -0.2) is 19.6 Å². The molecular weight excluding hydrogens is 148 g/mol. The Bertz CT molecular complexity index is 130. The molecule has 0 saturated heterocycles. The summed E-state index contributed by atoms with van der Waals surface area (Å²) in [7, 11) is 0. The Kier molecular flexibility index (Phi) is 3.53. The standard InChI is InChI=1S/C10H22N2/c1-9(6-11)7-12-8-10(2)4-3-5-10/h9,12H,3-8,11H2,1-2H3. The molecule has 1 aliphatic rings. The number of nitrogens with two attached hydrogens (primary N) is 1. The highest BCUT2D eigenvalue weighted by Gasteiger charge is 2.30. The van der Waals surface area contributed by atoms with E-state index in [1.807, 2.05) is 0 Å². The number of rotatable bonds is 5. The number of nitrogens with one attached hydrogen (secondary N) is 1. The largest absolute Gasteiger partial charge is 0.330 e. The van der Waals surface area contributed by atoms with Crippen LogP contribution < -0.4 is 11.1 Å². The molecule has 72 valence electrons. The van der Waals surface area contributed by atoms with Crippen LogP contribution in [0.25, 0.3) is 0 Å². The molecule has 1 fully saturated rings. The summed E-state index contributed by atoms with van der Waals surface area (Å²) in [5.74, 6) is 0.619. The van der Waals surface area contributed by atoms with Gasteiger partial charge in [-0.3, -0.25) is 0 Å². The first-order valence-corrected chi connectivity index (χ1v) is 5.07. The molecule has 1 unspecified atom stereocenters. The summed E-state index contributed by atoms with van der Waals surface area (Å²) in [4.78, 5) is 0. The van der Waals surface area contributed by atoms with Gasteiger partial charge in [0.2, 0.25) is 0 Å². The van der Waals surface area contributed by atoms with Crippen molar-refractivity contribution in [2.75, 3.05) is 19.6 Å². The van der Waals surface area contributed by atoms with E-state index in [1.165, 1.54) is 25.8 Å². The Balaban J connectivity index is 2.01. The molecule has 2 nitrogen and oxygen atoms in total. The molecule has 0 radical (unpaired) electrons. The third kappa shape index (κ3) is 2.76. The predicted octanol–water partition coefficient (Wildman–Crippen LogP) is 1.36. The molecule has 1 atom stereocenters. The van der Waals surface area contributed by atoms with Crippen molar-refractivity contribution in [3.8, 4) is 0 Å². The van der Waals surface area contributed by atoms with Crippen molar-refractivity contribution in [1.29, 1.82) is 0 Å². The van der Waals surface area contributed by atoms with E-state index in [1.54, 1.807) is 0 Å². The van der Waals surface area contributed by atoms with Gasteiger partial charge >= 0.3 is 0 Å². The lowest BCUT2D eigenvalue weighted by atomic mass is 9.70. The first-order valence-electron chi connectivity index (χ1n) is 5.07. The molecule has 12 heavy (non-hydrogen) atoms. The van der Waals surface area contributed by atoms with Crippen molar-refractivity contribution in [3.05, 3.63) is 0 Å². The number of hydrogen-bond acceptors (Lipinski definition) is 2. The minimum atomic E-state index is 0.605. The Morgan fingerprint density at radius 3 is 2.58 bits per heavy atom. The van der Waals surface area contributed by atoms with Crippen molar-refractivity contribution in [2.45, 2.75) is 33.1 Å². The minimum absolute atomic E-state index is 0.605. The van der Waals surface area contributed by atoms with Crippen LogP contribution in [0.5, 0.6) is 0 Å². The van der Waals surface area contributed by atoms with Crippen LogP contribution in [0.1, 0.15) is 33.1 Å². The van der Waals surface area contributed by atoms with Crippen LogP contribution in [0.2, 0.25) is 0 Å². The molecule has 0 heterocycles. The van der Waals surface area contributed by atoms with Gasteiger partial charge in [-0.05, 0) is 37.3 Å². The van der Waals surface area contributed by atoms with Gasteiger partial charge < -0.3 is 11.1 Å². The normalized spacial score (nSPS) is 23.2. The van der Waals surface area contributed by atoms with E-state index in [0.717, 1.165) is 13.1 Å². The third-order valence-electron chi connectivity index (χ3n) is 3.01. The summed E-state index contributed by atoms with van der Waals surface area (Å²) in [6.45, 7) is 7.61. The highest BCUT2D eigenvalue weighted by molar-refractivity contribution is 4.85. The van der Waals surface area contributed by atoms with Gasteiger partial charge in [-0.15, -0.1) is 0 Å². The molecule has 1 aliphatic carbocycles. The molecule has 1 rings (SSSR count). The third-order valence-corrected chi connectivity index (χ3v) is 3.01. The quantitative estimate of drug-likeness (QED) is 0.654. The Labute approximate surface area is 75.9 Å². The molecule has 0 bridgehead atoms. The van der Waals surface area contributed by atoms with Crippen LogP contribution in [0, 0.1) is 11.3 Å². The maximum Gasteiger partial charge on any atom is 0.000528 e. The van der Waals surface area contributed by atoms with Crippen molar-refractivity contribution in [1.82, 2.24) is 5.32 Å². The lowest BCUT2D eigenvalue weighted by Crippen LogP contribution is -2.39. The molecule has 1 saturated carbocycles. The Morgan fingerprint density at radius 1 is 1.50 bits per heavy atom. The van der Waals surface area contributed by atoms with Gasteiger partial charge in [0.25, 0.3) is 0 Å². The molecule has 0 spiro atoms. The zero-order valence-electron chi connectivity index (χ0n) is 8.40. The summed E-state index contributed by atoms with van der Waals surface area (Å²) in [6.07, 6.45) is 4.22. The van der Waals surface area contributed by atoms with Gasteiger partial charge in [0.1, 0.15) is 0 Å². The van der Waals surface area contributed by atoms with E-state index in [4.69, 9.17) is 5.73 Å². The second-order valence-corrected chi connectivity index (χ2v) is 4.64. The van der Waals surface area contributed by atoms with Gasteiger partial charge in [-0.25, -0.2) is 0 Å². The first-order chi connectivity index (χ1) is 5.66. The second-order valence-electron chi connectivity index (χ2n) is 4.64. The first kappa shape index (κ1) is 10.0. The maximum atomic E-state index is 5.53. The van der Waals surface area contributed by atoms with Gasteiger partial charge in [0, 0.05) is 6.54 Å². The van der Waals surface area contributed by atoms with Gasteiger partial charge in [0.15, 0.2) is 0 Å². The van der Waals surface area contributed by atoms with E-state index < -0.39 is 0 Å². The van der Waals surface area contributed by atoms with E-state index in [-0.39, 0.29) is 0 Å². The second kappa shape index (κ2) is 4.24. The lowest BCUT2D eigenvalue weighted by molar-refractivity contribution is 0.155. The smallest absolute Gasteiger partial charge is 0.000528 e. The van der Waals surface area contributed by atoms with Crippen molar-refractivity contribution >= 4 is 0 Å². The average Bonchev–Trinajstić information content (AvgIpc) is 2.01. The molecule has 0 amide bonds. The van der Waals surface area contributed by atoms with Gasteiger partial charge in [-0.2, -0.15) is 0 Å². The lowest BCUT2D eigenvalue weighted by Gasteiger charge is -2.38. The van der Waals surface area contributed by atoms with Crippen molar-refractivity contribution in [3.63, 3.8) is 0 Å². The predicted molar refractivity (Wildman–Crippen MR) is 53.0 cm³/mol. The van der Waals surface area contributed by atoms with Gasteiger partial charge in [-0.1, -0.05) is 20.3 Å². The van der Waals surface area contributed by atoms with Crippen molar-refractivity contribution in [2.24, 2.45) is 17.1 Å². The molecule has 0 aliphatic heterocycles. The van der Waals surface area contributed by atoms with Crippen LogP contribution in [0.15, 0.2) is 0 Å². The zero-order valence-corrected chi connectivity index (χ0v) is 8.40. The van der Waals surface area contributed by atoms with E-state index in [9.17, 15) is 0 Å². The fourth-order valence-corrected chi connectivity index (χ4v) is 1.66. The van der Waals surface area contributed by atoms with E-state index >= 15 is 0 Å². The molecule has 0 aromatic heterocycles. The van der Waals surface area contributed by atoms with Crippen molar-refractivity contribution < 1.29 is 0 Å². The molecule has 0 aromatic carbocycles. The highest BCUT2D eigenvalue weighted by atomic mass is 14.9. The zero-order chi connectivity index (χ0) is 9.03. The maximum absolute atomic E-state index is 5.53. The SMILES string of the molecule is CC(CN)CNCC1(C)CCC1. The Hall–Kier alpha value is -0.0800. The summed E-state index contributed by atoms with van der Waals surface area (Å²) >= 11 is 0. The van der Waals surface area contributed by atoms with Crippen LogP contribution >= 0.6 is 0 Å². The van der Waals surface area contributed by atoms with Gasteiger partial charge in [0.05, 0.1) is 0 Å². The topological polar surface area (TPSA) is 38.0 Å². The monoisotopic (exact) mass is 170 g/mol. The summed E-state index contributed by atoms with van der Waals surface area (Å²) < 4.78 is 0. The van der Waals surface area contributed by atoms with E-state index in [2.05, 4.69) is 19.2 Å². The highest BCUT2D eigenvalue weighted by Crippen LogP contribution is 2.39. The molecule has 0 aromatic rings. The molecule has 3 N–H and O–H groups in total.